The Kier molecular flexibility index (Phi) is 7.18. The van der Waals surface area contributed by atoms with Crippen molar-refractivity contribution < 1.29 is 19.1 Å². The second kappa shape index (κ2) is 10.8. The zero-order valence-electron chi connectivity index (χ0n) is 20.4. The number of carbonyl (C=O) groups is 2. The fraction of sp³-hybridized carbons (Fsp3) is 0.276. The zero-order chi connectivity index (χ0) is 25.8. The van der Waals surface area contributed by atoms with Crippen LogP contribution in [0.3, 0.4) is 0 Å². The van der Waals surface area contributed by atoms with E-state index in [0.29, 0.717) is 16.7 Å². The minimum atomic E-state index is -1.03. The maximum absolute atomic E-state index is 13.1. The zero-order valence-corrected chi connectivity index (χ0v) is 20.4. The Balaban J connectivity index is 1.34. The van der Waals surface area contributed by atoms with E-state index in [1.165, 1.54) is 29.5 Å². The molecule has 190 valence electrons. The highest BCUT2D eigenvalue weighted by Gasteiger charge is 2.21. The largest absolute Gasteiger partial charge is 0.478 e. The van der Waals surface area contributed by atoms with Crippen LogP contribution >= 0.6 is 0 Å². The standard InChI is InChI=1S/C29H29N3O5/c33-27(30-24(19-31-13-4-5-14-31)22-8-2-1-3-9-22)17-20-11-12-26-25(16-20)32(29(36)37-26)18-21-7-6-10-23(15-21)28(34)35/h1-3,6-12,15-16,24H,4-5,13-14,17-19H2,(H,30,33)(H,34,35). The predicted octanol–water partition coefficient (Wildman–Crippen LogP) is 3.84. The number of carboxylic acids is 1. The molecule has 5 rings (SSSR count). The van der Waals surface area contributed by atoms with Gasteiger partial charge in [-0.2, -0.15) is 0 Å². The number of aromatic nitrogens is 1. The topological polar surface area (TPSA) is 105 Å². The molecule has 1 aliphatic rings. The molecule has 0 aliphatic carbocycles. The van der Waals surface area contributed by atoms with Crippen molar-refractivity contribution in [3.05, 3.63) is 106 Å². The second-order valence-electron chi connectivity index (χ2n) is 9.48. The second-order valence-corrected chi connectivity index (χ2v) is 9.48. The van der Waals surface area contributed by atoms with Gasteiger partial charge < -0.3 is 19.7 Å². The van der Waals surface area contributed by atoms with E-state index in [2.05, 4.69) is 10.2 Å². The molecule has 37 heavy (non-hydrogen) atoms. The summed E-state index contributed by atoms with van der Waals surface area (Å²) in [6.07, 6.45) is 2.53. The van der Waals surface area contributed by atoms with Gasteiger partial charge in [0.15, 0.2) is 5.58 Å². The number of amides is 1. The monoisotopic (exact) mass is 499 g/mol. The van der Waals surface area contributed by atoms with Gasteiger partial charge in [-0.05, 0) is 66.9 Å². The Morgan fingerprint density at radius 3 is 2.49 bits per heavy atom. The first-order chi connectivity index (χ1) is 18.0. The van der Waals surface area contributed by atoms with Gasteiger partial charge in [0.2, 0.25) is 5.91 Å². The summed E-state index contributed by atoms with van der Waals surface area (Å²) in [4.78, 5) is 39.4. The lowest BCUT2D eigenvalue weighted by Crippen LogP contribution is -2.37. The lowest BCUT2D eigenvalue weighted by Gasteiger charge is -2.25. The first kappa shape index (κ1) is 24.5. The smallest absolute Gasteiger partial charge is 0.420 e. The fourth-order valence-electron chi connectivity index (χ4n) is 4.93. The summed E-state index contributed by atoms with van der Waals surface area (Å²) in [5.74, 6) is -1.66. The minimum absolute atomic E-state index is 0.0982. The van der Waals surface area contributed by atoms with Crippen LogP contribution in [-0.2, 0) is 17.8 Å². The van der Waals surface area contributed by atoms with Gasteiger partial charge in [-0.3, -0.25) is 9.36 Å². The number of carbonyl (C=O) groups excluding carboxylic acids is 1. The third-order valence-electron chi connectivity index (χ3n) is 6.79. The SMILES string of the molecule is O=C(Cc1ccc2oc(=O)n(Cc3cccc(C(=O)O)c3)c2c1)NC(CN1CCCC1)c1ccccc1. The molecule has 0 saturated carbocycles. The normalized spacial score (nSPS) is 14.6. The van der Waals surface area contributed by atoms with E-state index < -0.39 is 11.7 Å². The van der Waals surface area contributed by atoms with Crippen LogP contribution in [0, 0.1) is 0 Å². The molecule has 1 saturated heterocycles. The Hall–Kier alpha value is -4.17. The number of benzene rings is 3. The van der Waals surface area contributed by atoms with Crippen molar-refractivity contribution in [3.8, 4) is 0 Å². The molecule has 1 unspecified atom stereocenters. The number of nitrogens with one attached hydrogen (secondary N) is 1. The summed E-state index contributed by atoms with van der Waals surface area (Å²) in [5.41, 5.74) is 3.63. The molecular weight excluding hydrogens is 470 g/mol. The molecule has 2 N–H and O–H groups in total. The summed E-state index contributed by atoms with van der Waals surface area (Å²) < 4.78 is 6.85. The number of nitrogens with zero attached hydrogens (tertiary/aromatic N) is 2. The van der Waals surface area contributed by atoms with Crippen LogP contribution in [0.2, 0.25) is 0 Å². The van der Waals surface area contributed by atoms with Gasteiger partial charge in [-0.25, -0.2) is 9.59 Å². The van der Waals surface area contributed by atoms with Crippen LogP contribution in [0.4, 0.5) is 0 Å². The number of aromatic carboxylic acids is 1. The summed E-state index contributed by atoms with van der Waals surface area (Å²) in [7, 11) is 0. The third kappa shape index (κ3) is 5.81. The van der Waals surface area contributed by atoms with E-state index in [4.69, 9.17) is 4.42 Å². The lowest BCUT2D eigenvalue weighted by atomic mass is 10.1. The van der Waals surface area contributed by atoms with Crippen molar-refractivity contribution in [2.24, 2.45) is 0 Å². The molecule has 1 fully saturated rings. The molecule has 8 heteroatoms. The Morgan fingerprint density at radius 2 is 1.73 bits per heavy atom. The number of hydrogen-bond acceptors (Lipinski definition) is 5. The maximum Gasteiger partial charge on any atom is 0.420 e. The lowest BCUT2D eigenvalue weighted by molar-refractivity contribution is -0.121. The van der Waals surface area contributed by atoms with Crippen LogP contribution in [0.1, 0.15) is 45.9 Å². The van der Waals surface area contributed by atoms with Crippen molar-refractivity contribution in [1.82, 2.24) is 14.8 Å². The van der Waals surface area contributed by atoms with E-state index in [1.807, 2.05) is 30.3 Å². The Morgan fingerprint density at radius 1 is 0.946 bits per heavy atom. The van der Waals surface area contributed by atoms with Crippen molar-refractivity contribution in [2.45, 2.75) is 31.8 Å². The van der Waals surface area contributed by atoms with Crippen LogP contribution in [0.25, 0.3) is 11.1 Å². The van der Waals surface area contributed by atoms with E-state index >= 15 is 0 Å². The number of fused-ring (bicyclic) bond motifs is 1. The summed E-state index contributed by atoms with van der Waals surface area (Å²) in [6, 6.07) is 21.6. The number of rotatable bonds is 9. The first-order valence-corrected chi connectivity index (χ1v) is 12.5. The Bertz CT molecular complexity index is 1470. The van der Waals surface area contributed by atoms with Crippen LogP contribution < -0.4 is 11.1 Å². The van der Waals surface area contributed by atoms with Crippen LogP contribution in [0.15, 0.2) is 82.0 Å². The number of oxazole rings is 1. The highest BCUT2D eigenvalue weighted by atomic mass is 16.4. The van der Waals surface area contributed by atoms with Gasteiger partial charge in [0.1, 0.15) is 0 Å². The molecule has 3 aromatic carbocycles. The maximum atomic E-state index is 13.1. The molecule has 0 bridgehead atoms. The number of likely N-dealkylation sites (tertiary alicyclic amines) is 1. The fourth-order valence-corrected chi connectivity index (χ4v) is 4.93. The van der Waals surface area contributed by atoms with E-state index in [-0.39, 0.29) is 30.5 Å². The molecule has 2 heterocycles. The summed E-state index contributed by atoms with van der Waals surface area (Å²) in [6.45, 7) is 3.02. The molecule has 0 radical (unpaired) electrons. The van der Waals surface area contributed by atoms with E-state index in [0.717, 1.165) is 30.8 Å². The summed E-state index contributed by atoms with van der Waals surface area (Å²) >= 11 is 0. The highest BCUT2D eigenvalue weighted by Crippen LogP contribution is 2.20. The van der Waals surface area contributed by atoms with E-state index in [9.17, 15) is 19.5 Å². The average molecular weight is 500 g/mol. The Labute approximate surface area is 214 Å². The molecule has 1 aromatic heterocycles. The van der Waals surface area contributed by atoms with Gasteiger partial charge in [0.25, 0.3) is 0 Å². The van der Waals surface area contributed by atoms with Crippen molar-refractivity contribution in [3.63, 3.8) is 0 Å². The molecule has 8 nitrogen and oxygen atoms in total. The van der Waals surface area contributed by atoms with Gasteiger partial charge in [0, 0.05) is 6.54 Å². The number of hydrogen-bond donors (Lipinski definition) is 2. The van der Waals surface area contributed by atoms with Gasteiger partial charge in [-0.1, -0.05) is 48.5 Å². The summed E-state index contributed by atoms with van der Waals surface area (Å²) in [5, 5.41) is 12.5. The average Bonchev–Trinajstić information content (AvgIpc) is 3.52. The predicted molar refractivity (Wildman–Crippen MR) is 140 cm³/mol. The van der Waals surface area contributed by atoms with Gasteiger partial charge in [-0.15, -0.1) is 0 Å². The van der Waals surface area contributed by atoms with E-state index in [1.54, 1.807) is 30.3 Å². The van der Waals surface area contributed by atoms with Crippen LogP contribution in [0.5, 0.6) is 0 Å². The molecule has 4 aromatic rings. The van der Waals surface area contributed by atoms with Gasteiger partial charge in [0.05, 0.1) is 30.1 Å². The third-order valence-corrected chi connectivity index (χ3v) is 6.79. The molecule has 1 atom stereocenters. The quantitative estimate of drug-likeness (QED) is 0.363. The van der Waals surface area contributed by atoms with Crippen molar-refractivity contribution >= 4 is 23.0 Å². The number of carboxylic acid groups (broad SMARTS) is 1. The van der Waals surface area contributed by atoms with Crippen molar-refractivity contribution in [1.29, 1.82) is 0 Å². The first-order valence-electron chi connectivity index (χ1n) is 12.5. The van der Waals surface area contributed by atoms with Crippen LogP contribution in [-0.4, -0.2) is 46.1 Å². The van der Waals surface area contributed by atoms with Gasteiger partial charge >= 0.3 is 11.7 Å². The minimum Gasteiger partial charge on any atom is -0.478 e. The molecule has 1 amide bonds. The molecule has 0 spiro atoms. The molecular formula is C29H29N3O5. The van der Waals surface area contributed by atoms with Crippen molar-refractivity contribution in [2.75, 3.05) is 19.6 Å². The molecule has 1 aliphatic heterocycles. The highest BCUT2D eigenvalue weighted by molar-refractivity contribution is 5.87.